The van der Waals surface area contributed by atoms with Gasteiger partial charge >= 0.3 is 0 Å². The number of carbonyl (C=O) groups excluding carboxylic acids is 2. The van der Waals surface area contributed by atoms with Crippen LogP contribution in [0.15, 0.2) is 6.07 Å². The molecular weight excluding hydrogens is 200 g/mol. The molecule has 0 heterocycles. The number of rotatable bonds is 5. The molecule has 2 nitrogen and oxygen atoms in total. The highest BCUT2D eigenvalue weighted by molar-refractivity contribution is 5.88. The second-order valence-corrected chi connectivity index (χ2v) is 3.80. The van der Waals surface area contributed by atoms with Gasteiger partial charge in [0.25, 0.3) is 0 Å². The van der Waals surface area contributed by atoms with E-state index in [1.807, 2.05) is 26.8 Å². The fourth-order valence-corrected chi connectivity index (χ4v) is 2.16. The van der Waals surface area contributed by atoms with Gasteiger partial charge in [-0.2, -0.15) is 0 Å². The standard InChI is InChI=1S/C14H18O2/c1-4-10-7-11(5-2)14(9-16)12(6-3)13(10)8-15/h7-9H,4-6H2,1-3H3. The minimum Gasteiger partial charge on any atom is -0.298 e. The average Bonchev–Trinajstić information content (AvgIpc) is 2.35. The third-order valence-corrected chi connectivity index (χ3v) is 3.04. The third kappa shape index (κ3) is 2.06. The molecule has 0 aliphatic carbocycles. The Bertz CT molecular complexity index is 371. The highest BCUT2D eigenvalue weighted by atomic mass is 16.1. The minimum atomic E-state index is 0.712. The van der Waals surface area contributed by atoms with Gasteiger partial charge in [0.2, 0.25) is 0 Å². The monoisotopic (exact) mass is 218 g/mol. The van der Waals surface area contributed by atoms with Crippen molar-refractivity contribution >= 4 is 12.6 Å². The Morgan fingerprint density at radius 2 is 1.31 bits per heavy atom. The van der Waals surface area contributed by atoms with Crippen molar-refractivity contribution < 1.29 is 9.59 Å². The number of hydrogen-bond acceptors (Lipinski definition) is 2. The number of aldehydes is 2. The van der Waals surface area contributed by atoms with Crippen LogP contribution < -0.4 is 0 Å². The van der Waals surface area contributed by atoms with E-state index in [-0.39, 0.29) is 0 Å². The summed E-state index contributed by atoms with van der Waals surface area (Å²) in [6.07, 6.45) is 4.14. The van der Waals surface area contributed by atoms with Crippen LogP contribution >= 0.6 is 0 Å². The zero-order valence-electron chi connectivity index (χ0n) is 10.2. The summed E-state index contributed by atoms with van der Waals surface area (Å²) in [5, 5.41) is 0. The van der Waals surface area contributed by atoms with E-state index in [0.717, 1.165) is 48.5 Å². The highest BCUT2D eigenvalue weighted by Crippen LogP contribution is 2.23. The van der Waals surface area contributed by atoms with Crippen molar-refractivity contribution in [2.75, 3.05) is 0 Å². The fraction of sp³-hybridized carbons (Fsp3) is 0.429. The molecule has 0 saturated carbocycles. The van der Waals surface area contributed by atoms with Gasteiger partial charge in [-0.3, -0.25) is 9.59 Å². The van der Waals surface area contributed by atoms with Crippen LogP contribution in [-0.4, -0.2) is 12.6 Å². The van der Waals surface area contributed by atoms with Gasteiger partial charge in [0.1, 0.15) is 0 Å². The largest absolute Gasteiger partial charge is 0.298 e. The molecule has 0 amide bonds. The molecule has 16 heavy (non-hydrogen) atoms. The Hall–Kier alpha value is -1.44. The lowest BCUT2D eigenvalue weighted by Gasteiger charge is -2.14. The first-order valence-corrected chi connectivity index (χ1v) is 5.81. The molecule has 0 aliphatic rings. The van der Waals surface area contributed by atoms with Gasteiger partial charge in [-0.15, -0.1) is 0 Å². The van der Waals surface area contributed by atoms with Gasteiger partial charge in [0.05, 0.1) is 0 Å². The van der Waals surface area contributed by atoms with Crippen LogP contribution in [0.25, 0.3) is 0 Å². The summed E-state index contributed by atoms with van der Waals surface area (Å²) < 4.78 is 0. The molecule has 0 bridgehead atoms. The lowest BCUT2D eigenvalue weighted by molar-refractivity contribution is 0.112. The number of aryl methyl sites for hydroxylation is 2. The molecule has 0 saturated heterocycles. The first-order valence-electron chi connectivity index (χ1n) is 5.81. The maximum Gasteiger partial charge on any atom is 0.150 e. The summed E-state index contributed by atoms with van der Waals surface area (Å²) >= 11 is 0. The molecule has 1 rings (SSSR count). The van der Waals surface area contributed by atoms with E-state index in [1.165, 1.54) is 0 Å². The summed E-state index contributed by atoms with van der Waals surface area (Å²) in [5.74, 6) is 0. The molecule has 0 fully saturated rings. The predicted octanol–water partition coefficient (Wildman–Crippen LogP) is 3.00. The maximum atomic E-state index is 11.1. The molecule has 0 radical (unpaired) electrons. The SMILES string of the molecule is CCc1cc(CC)c(C=O)c(CC)c1C=O. The Morgan fingerprint density at radius 1 is 0.875 bits per heavy atom. The van der Waals surface area contributed by atoms with Crippen LogP contribution in [0, 0.1) is 0 Å². The molecule has 1 aromatic rings. The predicted molar refractivity (Wildman–Crippen MR) is 65.4 cm³/mol. The molecule has 0 atom stereocenters. The second kappa shape index (κ2) is 5.59. The van der Waals surface area contributed by atoms with Gasteiger partial charge in [0.15, 0.2) is 12.6 Å². The summed E-state index contributed by atoms with van der Waals surface area (Å²) in [5.41, 5.74) is 4.43. The Balaban J connectivity index is 3.60. The quantitative estimate of drug-likeness (QED) is 0.712. The van der Waals surface area contributed by atoms with Crippen molar-refractivity contribution in [3.63, 3.8) is 0 Å². The number of carbonyl (C=O) groups is 2. The van der Waals surface area contributed by atoms with Crippen molar-refractivity contribution in [2.24, 2.45) is 0 Å². The number of benzene rings is 1. The Morgan fingerprint density at radius 3 is 1.56 bits per heavy atom. The van der Waals surface area contributed by atoms with E-state index in [1.54, 1.807) is 0 Å². The van der Waals surface area contributed by atoms with Crippen molar-refractivity contribution in [2.45, 2.75) is 40.0 Å². The van der Waals surface area contributed by atoms with Gasteiger partial charge in [-0.25, -0.2) is 0 Å². The van der Waals surface area contributed by atoms with Crippen LogP contribution in [0.4, 0.5) is 0 Å². The van der Waals surface area contributed by atoms with Crippen LogP contribution in [0.1, 0.15) is 58.2 Å². The van der Waals surface area contributed by atoms with Crippen molar-refractivity contribution in [3.8, 4) is 0 Å². The summed E-state index contributed by atoms with van der Waals surface area (Å²) in [7, 11) is 0. The summed E-state index contributed by atoms with van der Waals surface area (Å²) in [4.78, 5) is 22.2. The molecule has 86 valence electrons. The van der Waals surface area contributed by atoms with Crippen molar-refractivity contribution in [1.82, 2.24) is 0 Å². The van der Waals surface area contributed by atoms with Crippen LogP contribution in [-0.2, 0) is 19.3 Å². The van der Waals surface area contributed by atoms with E-state index < -0.39 is 0 Å². The fourth-order valence-electron chi connectivity index (χ4n) is 2.16. The lowest BCUT2D eigenvalue weighted by atomic mass is 9.89. The Kier molecular flexibility index (Phi) is 4.41. The number of hydrogen-bond donors (Lipinski definition) is 0. The summed E-state index contributed by atoms with van der Waals surface area (Å²) in [6, 6.07) is 1.99. The second-order valence-electron chi connectivity index (χ2n) is 3.80. The highest BCUT2D eigenvalue weighted by Gasteiger charge is 2.14. The molecule has 0 N–H and O–H groups in total. The minimum absolute atomic E-state index is 0.712. The van der Waals surface area contributed by atoms with E-state index in [4.69, 9.17) is 0 Å². The molecule has 0 aromatic heterocycles. The van der Waals surface area contributed by atoms with Crippen molar-refractivity contribution in [1.29, 1.82) is 0 Å². The van der Waals surface area contributed by atoms with Crippen molar-refractivity contribution in [3.05, 3.63) is 33.9 Å². The maximum absolute atomic E-state index is 11.1. The molecule has 0 aliphatic heterocycles. The van der Waals surface area contributed by atoms with E-state index in [2.05, 4.69) is 0 Å². The molecule has 0 spiro atoms. The molecule has 1 aromatic carbocycles. The molecule has 0 unspecified atom stereocenters. The summed E-state index contributed by atoms with van der Waals surface area (Å²) in [6.45, 7) is 6.04. The van der Waals surface area contributed by atoms with Gasteiger partial charge < -0.3 is 0 Å². The van der Waals surface area contributed by atoms with Gasteiger partial charge in [0, 0.05) is 11.1 Å². The van der Waals surface area contributed by atoms with E-state index in [0.29, 0.717) is 11.1 Å². The van der Waals surface area contributed by atoms with Gasteiger partial charge in [-0.05, 0) is 36.0 Å². The van der Waals surface area contributed by atoms with E-state index in [9.17, 15) is 9.59 Å². The topological polar surface area (TPSA) is 34.1 Å². The molecular formula is C14H18O2. The normalized spacial score (nSPS) is 10.2. The average molecular weight is 218 g/mol. The van der Waals surface area contributed by atoms with Gasteiger partial charge in [-0.1, -0.05) is 26.8 Å². The lowest BCUT2D eigenvalue weighted by Crippen LogP contribution is -2.06. The Labute approximate surface area is 96.7 Å². The zero-order valence-corrected chi connectivity index (χ0v) is 10.2. The third-order valence-electron chi connectivity index (χ3n) is 3.04. The smallest absolute Gasteiger partial charge is 0.150 e. The first-order chi connectivity index (χ1) is 7.73. The van der Waals surface area contributed by atoms with Crippen LogP contribution in [0.5, 0.6) is 0 Å². The molecule has 2 heteroatoms. The van der Waals surface area contributed by atoms with E-state index >= 15 is 0 Å². The van der Waals surface area contributed by atoms with Crippen LogP contribution in [0.3, 0.4) is 0 Å². The van der Waals surface area contributed by atoms with Crippen LogP contribution in [0.2, 0.25) is 0 Å². The first kappa shape index (κ1) is 12.6. The zero-order chi connectivity index (χ0) is 12.1.